The van der Waals surface area contributed by atoms with Gasteiger partial charge in [-0.1, -0.05) is 55.4 Å². The molecule has 6 nitrogen and oxygen atoms in total. The summed E-state index contributed by atoms with van der Waals surface area (Å²) in [6, 6.07) is 0. The van der Waals surface area contributed by atoms with Crippen LogP contribution < -0.4 is 5.32 Å². The van der Waals surface area contributed by atoms with Crippen LogP contribution >= 0.6 is 0 Å². The molecule has 1 aliphatic rings. The molecule has 1 aliphatic heterocycles. The van der Waals surface area contributed by atoms with Gasteiger partial charge in [-0.15, -0.1) is 0 Å². The van der Waals surface area contributed by atoms with E-state index in [-0.39, 0.29) is 19.3 Å². The minimum Gasteiger partial charge on any atom is -0.379 e. The van der Waals surface area contributed by atoms with Crippen LogP contribution in [0, 0.1) is 5.92 Å². The van der Waals surface area contributed by atoms with E-state index in [9.17, 15) is 9.59 Å². The first-order valence-electron chi connectivity index (χ1n) is 11.2. The van der Waals surface area contributed by atoms with Crippen LogP contribution in [0.15, 0.2) is 0 Å². The molecule has 0 saturated carbocycles. The standard InChI is InChI=1S/C9H17NO2.C9H19NO2.2C2H6.H2/c1-3-9(11)10-6-5-8(7-10)12-4-2;1-4-9(11)10-5-6-12-7-8(2)3;2*1-2;/h8H,3-7H2,1-2H3;8H,4-7H2,1-3H3,(H,10,11);2*1-2H3;1H. The molecule has 0 aromatic carbocycles. The molecule has 0 radical (unpaired) electrons. The fourth-order valence-corrected chi connectivity index (χ4v) is 2.26. The van der Waals surface area contributed by atoms with Crippen molar-refractivity contribution in [3.63, 3.8) is 0 Å². The number of nitrogens with one attached hydrogen (secondary N) is 1. The molecule has 1 rings (SSSR count). The van der Waals surface area contributed by atoms with Gasteiger partial charge in [0.25, 0.3) is 0 Å². The number of hydrogen-bond donors (Lipinski definition) is 1. The second-order valence-corrected chi connectivity index (χ2v) is 6.23. The molecule has 1 unspecified atom stereocenters. The summed E-state index contributed by atoms with van der Waals surface area (Å²) in [6.45, 7) is 22.3. The number of ether oxygens (including phenoxy) is 2. The summed E-state index contributed by atoms with van der Waals surface area (Å²) in [6.07, 6.45) is 2.44. The third-order valence-electron chi connectivity index (χ3n) is 3.54. The number of rotatable bonds is 9. The van der Waals surface area contributed by atoms with Crippen molar-refractivity contribution in [3.05, 3.63) is 0 Å². The summed E-state index contributed by atoms with van der Waals surface area (Å²) in [5.74, 6) is 0.896. The fraction of sp³-hybridized carbons (Fsp3) is 0.909. The van der Waals surface area contributed by atoms with Crippen molar-refractivity contribution in [1.29, 1.82) is 0 Å². The van der Waals surface area contributed by atoms with E-state index in [2.05, 4.69) is 19.2 Å². The molecule has 1 saturated heterocycles. The number of amides is 2. The van der Waals surface area contributed by atoms with Crippen LogP contribution in [0.2, 0.25) is 0 Å². The van der Waals surface area contributed by atoms with Crippen LogP contribution in [0.5, 0.6) is 0 Å². The molecule has 6 heteroatoms. The Morgan fingerprint density at radius 1 is 1.11 bits per heavy atom. The Labute approximate surface area is 176 Å². The zero-order valence-electron chi connectivity index (χ0n) is 20.1. The number of carbonyl (C=O) groups excluding carboxylic acids is 2. The van der Waals surface area contributed by atoms with Crippen molar-refractivity contribution < 1.29 is 20.5 Å². The summed E-state index contributed by atoms with van der Waals surface area (Å²) in [5, 5.41) is 2.74. The number of nitrogens with zero attached hydrogens (tertiary/aromatic N) is 1. The van der Waals surface area contributed by atoms with Gasteiger partial charge in [0.05, 0.1) is 12.7 Å². The maximum absolute atomic E-state index is 11.2. The zero-order valence-corrected chi connectivity index (χ0v) is 20.1. The molecule has 2 amide bonds. The van der Waals surface area contributed by atoms with Crippen molar-refractivity contribution in [2.75, 3.05) is 39.5 Å². The third-order valence-corrected chi connectivity index (χ3v) is 3.54. The molecule has 1 atom stereocenters. The summed E-state index contributed by atoms with van der Waals surface area (Å²) < 4.78 is 10.7. The van der Waals surface area contributed by atoms with Gasteiger partial charge in [0.1, 0.15) is 0 Å². The topological polar surface area (TPSA) is 67.9 Å². The summed E-state index contributed by atoms with van der Waals surface area (Å²) in [5.41, 5.74) is 0. The van der Waals surface area contributed by atoms with Gasteiger partial charge in [-0.05, 0) is 19.3 Å². The van der Waals surface area contributed by atoms with Crippen LogP contribution in [0.1, 0.15) is 83.0 Å². The van der Waals surface area contributed by atoms with E-state index in [1.54, 1.807) is 0 Å². The third kappa shape index (κ3) is 19.6. The first-order chi connectivity index (χ1) is 13.4. The van der Waals surface area contributed by atoms with Crippen molar-refractivity contribution in [3.8, 4) is 0 Å². The highest BCUT2D eigenvalue weighted by molar-refractivity contribution is 5.76. The molecule has 1 fully saturated rings. The van der Waals surface area contributed by atoms with Gasteiger partial charge in [-0.25, -0.2) is 0 Å². The minimum atomic E-state index is 0. The molecule has 0 spiro atoms. The van der Waals surface area contributed by atoms with Gasteiger partial charge in [0.2, 0.25) is 11.8 Å². The van der Waals surface area contributed by atoms with Crippen LogP contribution in [-0.4, -0.2) is 62.3 Å². The summed E-state index contributed by atoms with van der Waals surface area (Å²) >= 11 is 0. The molecule has 1 N–H and O–H groups in total. The van der Waals surface area contributed by atoms with Gasteiger partial charge in [-0.2, -0.15) is 0 Å². The number of likely N-dealkylation sites (tertiary alicyclic amines) is 1. The van der Waals surface area contributed by atoms with Crippen molar-refractivity contribution in [2.45, 2.75) is 87.7 Å². The Bertz CT molecular complexity index is 356. The molecule has 0 bridgehead atoms. The number of hydrogen-bond acceptors (Lipinski definition) is 4. The molecule has 0 aliphatic carbocycles. The molecular formula is C22H50N2O4. The average Bonchev–Trinajstić information content (AvgIpc) is 3.19. The minimum absolute atomic E-state index is 0. The van der Waals surface area contributed by atoms with Gasteiger partial charge < -0.3 is 19.7 Å². The highest BCUT2D eigenvalue weighted by Gasteiger charge is 2.24. The van der Waals surface area contributed by atoms with E-state index in [0.29, 0.717) is 31.9 Å². The second-order valence-electron chi connectivity index (χ2n) is 6.23. The highest BCUT2D eigenvalue weighted by atomic mass is 16.5. The predicted molar refractivity (Wildman–Crippen MR) is 121 cm³/mol. The van der Waals surface area contributed by atoms with Crippen molar-refractivity contribution >= 4 is 11.8 Å². The van der Waals surface area contributed by atoms with Gasteiger partial charge in [-0.3, -0.25) is 9.59 Å². The molecular weight excluding hydrogens is 356 g/mol. The Morgan fingerprint density at radius 3 is 2.18 bits per heavy atom. The Balaban J connectivity index is -0.000000178. The maximum atomic E-state index is 11.2. The largest absolute Gasteiger partial charge is 0.379 e. The van der Waals surface area contributed by atoms with Gasteiger partial charge >= 0.3 is 0 Å². The van der Waals surface area contributed by atoms with E-state index >= 15 is 0 Å². The lowest BCUT2D eigenvalue weighted by Gasteiger charge is -2.15. The van der Waals surface area contributed by atoms with Crippen molar-refractivity contribution in [2.24, 2.45) is 5.92 Å². The Kier molecular flexibility index (Phi) is 26.9. The van der Waals surface area contributed by atoms with E-state index in [4.69, 9.17) is 9.47 Å². The first kappa shape index (κ1) is 31.6. The average molecular weight is 407 g/mol. The van der Waals surface area contributed by atoms with Crippen LogP contribution in [-0.2, 0) is 19.1 Å². The smallest absolute Gasteiger partial charge is 0.222 e. The summed E-state index contributed by atoms with van der Waals surface area (Å²) in [7, 11) is 0. The molecule has 28 heavy (non-hydrogen) atoms. The zero-order chi connectivity index (χ0) is 22.4. The van der Waals surface area contributed by atoms with E-state index < -0.39 is 0 Å². The predicted octanol–water partition coefficient (Wildman–Crippen LogP) is 4.52. The molecule has 0 aromatic rings. The Morgan fingerprint density at radius 2 is 1.71 bits per heavy atom. The lowest BCUT2D eigenvalue weighted by atomic mass is 10.2. The molecule has 172 valence electrons. The highest BCUT2D eigenvalue weighted by Crippen LogP contribution is 2.13. The van der Waals surface area contributed by atoms with E-state index in [1.807, 2.05) is 53.4 Å². The number of carbonyl (C=O) groups is 2. The first-order valence-corrected chi connectivity index (χ1v) is 11.2. The van der Waals surface area contributed by atoms with Crippen LogP contribution in [0.3, 0.4) is 0 Å². The van der Waals surface area contributed by atoms with E-state index in [1.165, 1.54) is 0 Å². The molecule has 0 aromatic heterocycles. The summed E-state index contributed by atoms with van der Waals surface area (Å²) in [4.78, 5) is 23.9. The second kappa shape index (κ2) is 23.9. The lowest BCUT2D eigenvalue weighted by Crippen LogP contribution is -2.29. The van der Waals surface area contributed by atoms with Crippen LogP contribution in [0.25, 0.3) is 0 Å². The normalized spacial score (nSPS) is 14.8. The quantitative estimate of drug-likeness (QED) is 0.572. The van der Waals surface area contributed by atoms with Gasteiger partial charge in [0.15, 0.2) is 0 Å². The lowest BCUT2D eigenvalue weighted by molar-refractivity contribution is -0.130. The SMILES string of the molecule is CC.CC.CCC(=O)NCCOCC(C)C.CCOC1CCN(C(=O)CC)C1.[HH]. The van der Waals surface area contributed by atoms with E-state index in [0.717, 1.165) is 32.7 Å². The van der Waals surface area contributed by atoms with Gasteiger partial charge in [0, 0.05) is 47.1 Å². The fourth-order valence-electron chi connectivity index (χ4n) is 2.26. The maximum Gasteiger partial charge on any atom is 0.222 e. The van der Waals surface area contributed by atoms with Crippen molar-refractivity contribution in [1.82, 2.24) is 10.2 Å². The Hall–Kier alpha value is -1.14. The van der Waals surface area contributed by atoms with Crippen LogP contribution in [0.4, 0.5) is 0 Å². The monoisotopic (exact) mass is 406 g/mol. The molecule has 1 heterocycles.